The average molecular weight is 327 g/mol. The molecule has 6 heteroatoms. The first-order valence-corrected chi connectivity index (χ1v) is 8.29. The molecule has 1 aromatic carbocycles. The number of carbonyl (C=O) groups is 1. The number of hydrogen-bond acceptors (Lipinski definition) is 3. The fourth-order valence-corrected chi connectivity index (χ4v) is 3.03. The van der Waals surface area contributed by atoms with Gasteiger partial charge in [-0.25, -0.2) is 4.39 Å². The number of nitrogens with one attached hydrogen (secondary N) is 2. The van der Waals surface area contributed by atoms with Crippen molar-refractivity contribution in [3.63, 3.8) is 0 Å². The number of carbonyl (C=O) groups excluding carboxylic acids is 1. The predicted octanol–water partition coefficient (Wildman–Crippen LogP) is 4.28. The Labute approximate surface area is 136 Å². The Hall–Kier alpha value is -2.47. The first kappa shape index (κ1) is 14.1. The van der Waals surface area contributed by atoms with E-state index >= 15 is 0 Å². The first-order valence-electron chi connectivity index (χ1n) is 7.41. The molecule has 0 unspecified atom stereocenters. The van der Waals surface area contributed by atoms with Crippen molar-refractivity contribution in [2.75, 3.05) is 5.32 Å². The maximum atomic E-state index is 14.1. The van der Waals surface area contributed by atoms with Crippen LogP contribution in [-0.2, 0) is 4.79 Å². The number of thiophene rings is 1. The van der Waals surface area contributed by atoms with Crippen LogP contribution >= 0.6 is 11.3 Å². The summed E-state index contributed by atoms with van der Waals surface area (Å²) in [5, 5.41) is 12.5. The molecule has 1 aliphatic carbocycles. The van der Waals surface area contributed by atoms with Crippen molar-refractivity contribution < 1.29 is 9.18 Å². The Morgan fingerprint density at radius 2 is 2.26 bits per heavy atom. The lowest BCUT2D eigenvalue weighted by Crippen LogP contribution is -2.14. The first-order chi connectivity index (χ1) is 11.2. The topological polar surface area (TPSA) is 57.8 Å². The standard InChI is InChI=1S/C17H14FN3OS/c18-13-9-15-12(8-16(13)19-17(22)10-3-4-10)14(20-21-15)6-5-11-2-1-7-23-11/h1-2,5-10H,3-4H2,(H,19,22)(H,20,21)/b6-5+. The molecule has 4 nitrogen and oxygen atoms in total. The number of amides is 1. The van der Waals surface area contributed by atoms with E-state index in [2.05, 4.69) is 15.5 Å². The number of benzene rings is 1. The number of nitrogens with zero attached hydrogens (tertiary/aromatic N) is 1. The molecular formula is C17H14FN3OS. The Kier molecular flexibility index (Phi) is 3.46. The largest absolute Gasteiger partial charge is 0.323 e. The molecule has 116 valence electrons. The van der Waals surface area contributed by atoms with Crippen LogP contribution in [0.3, 0.4) is 0 Å². The maximum Gasteiger partial charge on any atom is 0.227 e. The lowest BCUT2D eigenvalue weighted by atomic mass is 10.1. The van der Waals surface area contributed by atoms with Crippen LogP contribution in [0, 0.1) is 11.7 Å². The molecule has 1 aliphatic rings. The van der Waals surface area contributed by atoms with Crippen molar-refractivity contribution in [2.45, 2.75) is 12.8 Å². The zero-order valence-corrected chi connectivity index (χ0v) is 13.0. The highest BCUT2D eigenvalue weighted by molar-refractivity contribution is 7.10. The van der Waals surface area contributed by atoms with Crippen LogP contribution in [0.25, 0.3) is 23.1 Å². The molecule has 1 fully saturated rings. The van der Waals surface area contributed by atoms with E-state index in [0.717, 1.165) is 28.8 Å². The highest BCUT2D eigenvalue weighted by atomic mass is 32.1. The molecule has 23 heavy (non-hydrogen) atoms. The minimum absolute atomic E-state index is 0.0349. The van der Waals surface area contributed by atoms with E-state index in [1.807, 2.05) is 29.7 Å². The Morgan fingerprint density at radius 1 is 1.39 bits per heavy atom. The van der Waals surface area contributed by atoms with Gasteiger partial charge in [-0.2, -0.15) is 5.10 Å². The van der Waals surface area contributed by atoms with E-state index in [1.54, 1.807) is 17.4 Å². The lowest BCUT2D eigenvalue weighted by Gasteiger charge is -2.06. The van der Waals surface area contributed by atoms with E-state index in [1.165, 1.54) is 6.07 Å². The molecule has 2 heterocycles. The molecule has 1 saturated carbocycles. The fourth-order valence-electron chi connectivity index (χ4n) is 2.41. The zero-order valence-electron chi connectivity index (χ0n) is 12.2. The Balaban J connectivity index is 1.67. The number of fused-ring (bicyclic) bond motifs is 1. The van der Waals surface area contributed by atoms with Gasteiger partial charge < -0.3 is 5.32 Å². The summed E-state index contributed by atoms with van der Waals surface area (Å²) in [6, 6.07) is 7.00. The van der Waals surface area contributed by atoms with Crippen molar-refractivity contribution in [1.29, 1.82) is 0 Å². The molecule has 0 spiro atoms. The number of hydrogen-bond donors (Lipinski definition) is 2. The van der Waals surface area contributed by atoms with Gasteiger partial charge in [-0.3, -0.25) is 9.89 Å². The summed E-state index contributed by atoms with van der Waals surface area (Å²) < 4.78 is 14.1. The second kappa shape index (κ2) is 5.62. The van der Waals surface area contributed by atoms with Crippen LogP contribution in [0.15, 0.2) is 29.6 Å². The second-order valence-electron chi connectivity index (χ2n) is 5.60. The van der Waals surface area contributed by atoms with Gasteiger partial charge in [0.25, 0.3) is 0 Å². The van der Waals surface area contributed by atoms with E-state index in [-0.39, 0.29) is 17.5 Å². The van der Waals surface area contributed by atoms with E-state index in [4.69, 9.17) is 0 Å². The Bertz CT molecular complexity index is 894. The van der Waals surface area contributed by atoms with Crippen molar-refractivity contribution in [3.8, 4) is 0 Å². The number of anilines is 1. The van der Waals surface area contributed by atoms with E-state index in [9.17, 15) is 9.18 Å². The molecule has 0 saturated heterocycles. The van der Waals surface area contributed by atoms with Gasteiger partial charge in [-0.1, -0.05) is 6.07 Å². The lowest BCUT2D eigenvalue weighted by molar-refractivity contribution is -0.117. The third-order valence-electron chi connectivity index (χ3n) is 3.83. The smallest absolute Gasteiger partial charge is 0.227 e. The van der Waals surface area contributed by atoms with Crippen LogP contribution in [0.2, 0.25) is 0 Å². The van der Waals surface area contributed by atoms with Crippen LogP contribution in [-0.4, -0.2) is 16.1 Å². The summed E-state index contributed by atoms with van der Waals surface area (Å²) in [5.41, 5.74) is 1.54. The van der Waals surface area contributed by atoms with Gasteiger partial charge in [0, 0.05) is 22.2 Å². The van der Waals surface area contributed by atoms with Crippen LogP contribution < -0.4 is 5.32 Å². The van der Waals surface area contributed by atoms with Crippen molar-refractivity contribution in [1.82, 2.24) is 10.2 Å². The van der Waals surface area contributed by atoms with Crippen LogP contribution in [0.4, 0.5) is 10.1 Å². The van der Waals surface area contributed by atoms with Crippen LogP contribution in [0.5, 0.6) is 0 Å². The second-order valence-corrected chi connectivity index (χ2v) is 6.58. The Morgan fingerprint density at radius 3 is 3.00 bits per heavy atom. The fraction of sp³-hybridized carbons (Fsp3) is 0.176. The molecule has 4 rings (SSSR count). The molecule has 0 radical (unpaired) electrons. The van der Waals surface area contributed by atoms with E-state index in [0.29, 0.717) is 5.52 Å². The summed E-state index contributed by atoms with van der Waals surface area (Å²) in [7, 11) is 0. The van der Waals surface area contributed by atoms with Crippen molar-refractivity contribution in [3.05, 3.63) is 46.0 Å². The summed E-state index contributed by atoms with van der Waals surface area (Å²) in [6.07, 6.45) is 5.62. The molecule has 0 bridgehead atoms. The third-order valence-corrected chi connectivity index (χ3v) is 4.67. The van der Waals surface area contributed by atoms with Crippen molar-refractivity contribution >= 4 is 46.0 Å². The number of halogens is 1. The third kappa shape index (κ3) is 2.90. The quantitative estimate of drug-likeness (QED) is 0.751. The highest BCUT2D eigenvalue weighted by Gasteiger charge is 2.30. The summed E-state index contributed by atoms with van der Waals surface area (Å²) >= 11 is 1.63. The normalized spacial score (nSPS) is 14.7. The van der Waals surface area contributed by atoms with Crippen molar-refractivity contribution in [2.24, 2.45) is 5.92 Å². The van der Waals surface area contributed by atoms with E-state index < -0.39 is 5.82 Å². The number of aromatic nitrogens is 2. The van der Waals surface area contributed by atoms with Gasteiger partial charge >= 0.3 is 0 Å². The highest BCUT2D eigenvalue weighted by Crippen LogP contribution is 2.32. The molecule has 2 aromatic heterocycles. The van der Waals surface area contributed by atoms with Gasteiger partial charge in [0.15, 0.2) is 0 Å². The molecule has 2 N–H and O–H groups in total. The minimum atomic E-state index is -0.455. The number of rotatable bonds is 4. The average Bonchev–Trinajstić information content (AvgIpc) is 3.13. The summed E-state index contributed by atoms with van der Waals surface area (Å²) in [4.78, 5) is 13.0. The monoisotopic (exact) mass is 327 g/mol. The molecule has 3 aromatic rings. The van der Waals surface area contributed by atoms with Gasteiger partial charge in [-0.05, 0) is 42.5 Å². The number of aromatic amines is 1. The van der Waals surface area contributed by atoms with Gasteiger partial charge in [0.1, 0.15) is 5.82 Å². The summed E-state index contributed by atoms with van der Waals surface area (Å²) in [5.74, 6) is -0.529. The maximum absolute atomic E-state index is 14.1. The minimum Gasteiger partial charge on any atom is -0.323 e. The SMILES string of the molecule is O=C(Nc1cc2c(/C=C/c3cccs3)n[nH]c2cc1F)C1CC1. The molecule has 1 amide bonds. The van der Waals surface area contributed by atoms with Gasteiger partial charge in [-0.15, -0.1) is 11.3 Å². The molecule has 0 aliphatic heterocycles. The summed E-state index contributed by atoms with van der Waals surface area (Å²) in [6.45, 7) is 0. The molecular weight excluding hydrogens is 313 g/mol. The molecule has 0 atom stereocenters. The van der Waals surface area contributed by atoms with Crippen LogP contribution in [0.1, 0.15) is 23.4 Å². The zero-order chi connectivity index (χ0) is 15.8. The predicted molar refractivity (Wildman–Crippen MR) is 90.7 cm³/mol. The van der Waals surface area contributed by atoms with Gasteiger partial charge in [0.05, 0.1) is 16.9 Å². The van der Waals surface area contributed by atoms with Gasteiger partial charge in [0.2, 0.25) is 5.91 Å². The number of H-pyrrole nitrogens is 1.